The molecule has 0 aliphatic carbocycles. The number of benzene rings is 2. The summed E-state index contributed by atoms with van der Waals surface area (Å²) in [7, 11) is 0. The van der Waals surface area contributed by atoms with E-state index in [1.807, 2.05) is 42.5 Å². The lowest BCUT2D eigenvalue weighted by atomic mass is 9.97. The molecular weight excluding hydrogens is 465 g/mol. The fourth-order valence-corrected chi connectivity index (χ4v) is 3.55. The quantitative estimate of drug-likeness (QED) is 0.321. The van der Waals surface area contributed by atoms with Crippen molar-refractivity contribution in [2.75, 3.05) is 4.43 Å². The Bertz CT molecular complexity index is 1080. The fourth-order valence-electron chi connectivity index (χ4n) is 3.17. The normalized spacial score (nSPS) is 10.6. The lowest BCUT2D eigenvalue weighted by Crippen LogP contribution is -2.28. The number of hydrogen-bond acceptors (Lipinski definition) is 4. The molecule has 0 unspecified atom stereocenters. The van der Waals surface area contributed by atoms with E-state index in [0.29, 0.717) is 34.5 Å². The van der Waals surface area contributed by atoms with Crippen LogP contribution in [0.1, 0.15) is 34.6 Å². The van der Waals surface area contributed by atoms with Crippen LogP contribution in [0.2, 0.25) is 0 Å². The molecule has 0 aliphatic rings. The summed E-state index contributed by atoms with van der Waals surface area (Å²) in [5.41, 5.74) is 4.29. The minimum atomic E-state index is -0.408. The average Bonchev–Trinajstić information content (AvgIpc) is 2.73. The molecule has 3 rings (SSSR count). The number of rotatable bonds is 6. The second-order valence-electron chi connectivity index (χ2n) is 6.52. The van der Waals surface area contributed by atoms with Gasteiger partial charge in [-0.15, -0.1) is 4.73 Å². The number of alkyl halides is 1. The van der Waals surface area contributed by atoms with Gasteiger partial charge >= 0.3 is 0 Å². The molecule has 0 spiro atoms. The van der Waals surface area contributed by atoms with Crippen molar-refractivity contribution in [3.05, 3.63) is 87.1 Å². The van der Waals surface area contributed by atoms with Crippen LogP contribution < -0.4 is 5.56 Å². The first-order valence-electron chi connectivity index (χ1n) is 9.00. The molecular formula is C22H20IN3O2. The van der Waals surface area contributed by atoms with Gasteiger partial charge in [0.25, 0.3) is 5.56 Å². The van der Waals surface area contributed by atoms with E-state index < -0.39 is 5.56 Å². The summed E-state index contributed by atoms with van der Waals surface area (Å²) in [6.45, 7) is 1.63. The number of halogens is 1. The van der Waals surface area contributed by atoms with Crippen molar-refractivity contribution < 1.29 is 5.21 Å². The second kappa shape index (κ2) is 9.02. The molecule has 1 N–H and O–H groups in total. The Labute approximate surface area is 177 Å². The molecule has 28 heavy (non-hydrogen) atoms. The third-order valence-corrected chi connectivity index (χ3v) is 5.41. The van der Waals surface area contributed by atoms with Crippen molar-refractivity contribution in [2.45, 2.75) is 26.2 Å². The van der Waals surface area contributed by atoms with Gasteiger partial charge in [0.05, 0.1) is 17.3 Å². The van der Waals surface area contributed by atoms with Gasteiger partial charge in [-0.05, 0) is 46.9 Å². The monoisotopic (exact) mass is 485 g/mol. The van der Waals surface area contributed by atoms with Crippen molar-refractivity contribution >= 4 is 22.6 Å². The molecule has 3 aromatic rings. The largest absolute Gasteiger partial charge is 0.424 e. The predicted molar refractivity (Wildman–Crippen MR) is 117 cm³/mol. The van der Waals surface area contributed by atoms with Crippen LogP contribution in [0.5, 0.6) is 0 Å². The van der Waals surface area contributed by atoms with Crippen molar-refractivity contribution in [1.82, 2.24) is 9.71 Å². The zero-order valence-electron chi connectivity index (χ0n) is 15.5. The molecule has 1 aromatic heterocycles. The van der Waals surface area contributed by atoms with Crippen LogP contribution in [-0.4, -0.2) is 19.3 Å². The van der Waals surface area contributed by atoms with Gasteiger partial charge < -0.3 is 5.21 Å². The maximum atomic E-state index is 12.6. The van der Waals surface area contributed by atoms with E-state index in [4.69, 9.17) is 0 Å². The average molecular weight is 485 g/mol. The molecule has 0 aliphatic heterocycles. The summed E-state index contributed by atoms with van der Waals surface area (Å²) in [5.74, 6) is 0.306. The summed E-state index contributed by atoms with van der Waals surface area (Å²) in [6.07, 6.45) is 2.05. The Kier molecular flexibility index (Phi) is 6.47. The van der Waals surface area contributed by atoms with Crippen LogP contribution in [0, 0.1) is 18.3 Å². The molecule has 142 valence electrons. The van der Waals surface area contributed by atoms with E-state index in [1.54, 1.807) is 13.0 Å². The molecule has 0 atom stereocenters. The van der Waals surface area contributed by atoms with Crippen LogP contribution >= 0.6 is 22.6 Å². The van der Waals surface area contributed by atoms with E-state index in [-0.39, 0.29) is 0 Å². The molecule has 5 nitrogen and oxygen atoms in total. The number of aromatic nitrogens is 2. The van der Waals surface area contributed by atoms with E-state index in [9.17, 15) is 15.3 Å². The van der Waals surface area contributed by atoms with Crippen LogP contribution in [0.15, 0.2) is 53.3 Å². The highest BCUT2D eigenvalue weighted by Crippen LogP contribution is 2.24. The van der Waals surface area contributed by atoms with Crippen LogP contribution in [0.3, 0.4) is 0 Å². The number of aryl methyl sites for hydroxylation is 2. The van der Waals surface area contributed by atoms with Crippen molar-refractivity contribution in [3.8, 4) is 17.2 Å². The zero-order chi connectivity index (χ0) is 20.1. The molecule has 0 saturated heterocycles. The van der Waals surface area contributed by atoms with Gasteiger partial charge in [-0.3, -0.25) is 4.79 Å². The lowest BCUT2D eigenvalue weighted by Gasteiger charge is -2.12. The van der Waals surface area contributed by atoms with E-state index in [0.717, 1.165) is 33.2 Å². The minimum absolute atomic E-state index is 0.306. The highest BCUT2D eigenvalue weighted by molar-refractivity contribution is 14.1. The van der Waals surface area contributed by atoms with E-state index in [1.165, 1.54) is 0 Å². The molecule has 0 radical (unpaired) electrons. The molecule has 6 heteroatoms. The Morgan fingerprint density at radius 1 is 1.18 bits per heavy atom. The molecule has 0 bridgehead atoms. The zero-order valence-corrected chi connectivity index (χ0v) is 17.7. The maximum absolute atomic E-state index is 12.6. The Morgan fingerprint density at radius 2 is 1.89 bits per heavy atom. The lowest BCUT2D eigenvalue weighted by molar-refractivity contribution is 0.162. The first-order valence-corrected chi connectivity index (χ1v) is 10.5. The number of nitriles is 1. The molecule has 0 fully saturated rings. The predicted octanol–water partition coefficient (Wildman–Crippen LogP) is 4.29. The van der Waals surface area contributed by atoms with Gasteiger partial charge in [0.15, 0.2) is 0 Å². The highest BCUT2D eigenvalue weighted by atomic mass is 127. The van der Waals surface area contributed by atoms with Crippen molar-refractivity contribution in [1.29, 1.82) is 5.26 Å². The first-order chi connectivity index (χ1) is 13.5. The van der Waals surface area contributed by atoms with Crippen LogP contribution in [0.4, 0.5) is 0 Å². The molecule has 1 heterocycles. The SMILES string of the molecule is Cc1nc(CCCI)c(Cc2ccc(-c3ccccc3C#N)cc2)c(=O)n1O. The summed E-state index contributed by atoms with van der Waals surface area (Å²) in [4.78, 5) is 17.0. The van der Waals surface area contributed by atoms with Gasteiger partial charge in [-0.25, -0.2) is 4.98 Å². The maximum Gasteiger partial charge on any atom is 0.289 e. The van der Waals surface area contributed by atoms with Crippen molar-refractivity contribution in [3.63, 3.8) is 0 Å². The smallest absolute Gasteiger partial charge is 0.289 e. The summed E-state index contributed by atoms with van der Waals surface area (Å²) in [5, 5.41) is 19.3. The summed E-state index contributed by atoms with van der Waals surface area (Å²) < 4.78 is 1.60. The van der Waals surface area contributed by atoms with Gasteiger partial charge in [-0.2, -0.15) is 5.26 Å². The standard InChI is InChI=1S/C22H20IN3O2/c1-15-25-21(7-4-12-23)20(22(27)26(15)28)13-16-8-10-17(11-9-16)19-6-3-2-5-18(19)14-24/h2-3,5-6,8-11,28H,4,7,12-13H2,1H3. The van der Waals surface area contributed by atoms with Gasteiger partial charge in [-0.1, -0.05) is 65.1 Å². The fraction of sp³-hybridized carbons (Fsp3) is 0.227. The van der Waals surface area contributed by atoms with Crippen LogP contribution in [0.25, 0.3) is 11.1 Å². The van der Waals surface area contributed by atoms with Crippen LogP contribution in [-0.2, 0) is 12.8 Å². The minimum Gasteiger partial charge on any atom is -0.424 e. The number of nitrogens with zero attached hydrogens (tertiary/aromatic N) is 3. The summed E-state index contributed by atoms with van der Waals surface area (Å²) in [6, 6.07) is 17.5. The first kappa shape index (κ1) is 20.1. The Morgan fingerprint density at radius 3 is 2.57 bits per heavy atom. The van der Waals surface area contributed by atoms with Gasteiger partial charge in [0.2, 0.25) is 0 Å². The summed E-state index contributed by atoms with van der Waals surface area (Å²) >= 11 is 2.30. The van der Waals surface area contributed by atoms with Gasteiger partial charge in [0.1, 0.15) is 5.82 Å². The van der Waals surface area contributed by atoms with E-state index >= 15 is 0 Å². The molecule has 0 saturated carbocycles. The highest BCUT2D eigenvalue weighted by Gasteiger charge is 2.15. The Balaban J connectivity index is 1.94. The number of hydrogen-bond donors (Lipinski definition) is 1. The molecule has 0 amide bonds. The second-order valence-corrected chi connectivity index (χ2v) is 7.60. The van der Waals surface area contributed by atoms with E-state index in [2.05, 4.69) is 33.6 Å². The van der Waals surface area contributed by atoms with Crippen molar-refractivity contribution in [2.24, 2.45) is 0 Å². The van der Waals surface area contributed by atoms with Gasteiger partial charge in [0, 0.05) is 12.0 Å². The third kappa shape index (κ3) is 4.25. The molecule has 2 aromatic carbocycles. The Hall–Kier alpha value is -2.66. The topological polar surface area (TPSA) is 78.9 Å². The third-order valence-electron chi connectivity index (χ3n) is 4.64.